The van der Waals surface area contributed by atoms with E-state index in [-0.39, 0.29) is 17.7 Å². The molecule has 0 aliphatic carbocycles. The van der Waals surface area contributed by atoms with E-state index in [9.17, 15) is 8.42 Å². The number of rotatable bonds is 5. The molecule has 0 bridgehead atoms. The van der Waals surface area contributed by atoms with Crippen LogP contribution in [0.5, 0.6) is 0 Å². The Bertz CT molecular complexity index is 428. The third kappa shape index (κ3) is 4.12. The molecular weight excluding hydrogens is 246 g/mol. The average molecular weight is 262 g/mol. The minimum absolute atomic E-state index is 0.0508. The number of nitrogens with one attached hydrogen (secondary N) is 1. The summed E-state index contributed by atoms with van der Waals surface area (Å²) in [6, 6.07) is 7.53. The van der Waals surface area contributed by atoms with Crippen molar-refractivity contribution in [1.29, 1.82) is 0 Å². The van der Waals surface area contributed by atoms with Gasteiger partial charge in [0, 0.05) is 11.9 Å². The highest BCUT2D eigenvalue weighted by Crippen LogP contribution is 2.14. The molecule has 1 aromatic rings. The lowest BCUT2D eigenvalue weighted by molar-refractivity contribution is 0.568. The number of aryl methyl sites for hydroxylation is 1. The second-order valence-electron chi connectivity index (χ2n) is 3.76. The smallest absolute Gasteiger partial charge is 0.212 e. The predicted molar refractivity (Wildman–Crippen MR) is 67.2 cm³/mol. The van der Waals surface area contributed by atoms with Gasteiger partial charge in [-0.1, -0.05) is 29.8 Å². The average Bonchev–Trinajstić information content (AvgIpc) is 2.17. The Morgan fingerprint density at radius 3 is 2.38 bits per heavy atom. The Balaban J connectivity index is 2.72. The number of alkyl halides is 1. The standard InChI is InChI=1S/C11H16ClNO2S/c1-9-3-5-11(6-4-9)10(2)13-16(14,15)8-7-12/h3-6,10,13H,7-8H2,1-2H3/t10-/m0/s1. The summed E-state index contributed by atoms with van der Waals surface area (Å²) in [5, 5.41) is 0. The summed E-state index contributed by atoms with van der Waals surface area (Å²) in [5.74, 6) is 0.0563. The fourth-order valence-corrected chi connectivity index (χ4v) is 2.96. The molecule has 0 radical (unpaired) electrons. The molecule has 90 valence electrons. The van der Waals surface area contributed by atoms with E-state index in [0.29, 0.717) is 0 Å². The van der Waals surface area contributed by atoms with Gasteiger partial charge in [-0.15, -0.1) is 11.6 Å². The maximum Gasteiger partial charge on any atom is 0.213 e. The number of benzene rings is 1. The van der Waals surface area contributed by atoms with Crippen LogP contribution in [0.4, 0.5) is 0 Å². The van der Waals surface area contributed by atoms with Gasteiger partial charge < -0.3 is 0 Å². The molecule has 5 heteroatoms. The van der Waals surface area contributed by atoms with Gasteiger partial charge >= 0.3 is 0 Å². The number of hydrogen-bond donors (Lipinski definition) is 1. The van der Waals surface area contributed by atoms with Crippen LogP contribution in [0, 0.1) is 6.92 Å². The molecule has 16 heavy (non-hydrogen) atoms. The van der Waals surface area contributed by atoms with Crippen LogP contribution in [-0.2, 0) is 10.0 Å². The van der Waals surface area contributed by atoms with Crippen LogP contribution >= 0.6 is 11.6 Å². The molecule has 0 aliphatic rings. The summed E-state index contributed by atoms with van der Waals surface area (Å²) >= 11 is 5.42. The molecule has 0 unspecified atom stereocenters. The second-order valence-corrected chi connectivity index (χ2v) is 6.01. The molecule has 0 fully saturated rings. The molecule has 0 saturated carbocycles. The van der Waals surface area contributed by atoms with E-state index >= 15 is 0 Å². The van der Waals surface area contributed by atoms with Crippen molar-refractivity contribution in [1.82, 2.24) is 4.72 Å². The van der Waals surface area contributed by atoms with Gasteiger partial charge in [-0.3, -0.25) is 0 Å². The molecule has 0 aromatic heterocycles. The van der Waals surface area contributed by atoms with Gasteiger partial charge in [0.1, 0.15) is 0 Å². The molecule has 1 aromatic carbocycles. The first kappa shape index (κ1) is 13.5. The molecular formula is C11H16ClNO2S. The van der Waals surface area contributed by atoms with E-state index in [2.05, 4.69) is 4.72 Å². The van der Waals surface area contributed by atoms with Crippen LogP contribution in [0.3, 0.4) is 0 Å². The minimum Gasteiger partial charge on any atom is -0.212 e. The Labute approximate surface area is 102 Å². The van der Waals surface area contributed by atoms with Gasteiger partial charge in [0.15, 0.2) is 0 Å². The maximum absolute atomic E-state index is 11.5. The fraction of sp³-hybridized carbons (Fsp3) is 0.455. The molecule has 3 nitrogen and oxygen atoms in total. The summed E-state index contributed by atoms with van der Waals surface area (Å²) in [5.41, 5.74) is 2.10. The lowest BCUT2D eigenvalue weighted by atomic mass is 10.1. The highest BCUT2D eigenvalue weighted by Gasteiger charge is 2.14. The molecule has 0 spiro atoms. The van der Waals surface area contributed by atoms with Crippen molar-refractivity contribution in [3.05, 3.63) is 35.4 Å². The minimum atomic E-state index is -3.27. The topological polar surface area (TPSA) is 46.2 Å². The Morgan fingerprint density at radius 2 is 1.88 bits per heavy atom. The second kappa shape index (κ2) is 5.66. The van der Waals surface area contributed by atoms with Gasteiger partial charge in [-0.25, -0.2) is 13.1 Å². The van der Waals surface area contributed by atoms with Crippen LogP contribution in [0.2, 0.25) is 0 Å². The quantitative estimate of drug-likeness (QED) is 0.826. The van der Waals surface area contributed by atoms with E-state index in [4.69, 9.17) is 11.6 Å². The van der Waals surface area contributed by atoms with E-state index in [1.165, 1.54) is 0 Å². The van der Waals surface area contributed by atoms with Gasteiger partial charge in [0.05, 0.1) is 5.75 Å². The molecule has 1 atom stereocenters. The highest BCUT2D eigenvalue weighted by atomic mass is 35.5. The van der Waals surface area contributed by atoms with Crippen molar-refractivity contribution < 1.29 is 8.42 Å². The lowest BCUT2D eigenvalue weighted by Crippen LogP contribution is -2.29. The van der Waals surface area contributed by atoms with E-state index < -0.39 is 10.0 Å². The van der Waals surface area contributed by atoms with Gasteiger partial charge in [-0.05, 0) is 19.4 Å². The first-order valence-corrected chi connectivity index (χ1v) is 7.26. The molecule has 1 N–H and O–H groups in total. The van der Waals surface area contributed by atoms with Crippen LogP contribution in [0.1, 0.15) is 24.1 Å². The fourth-order valence-electron chi connectivity index (χ4n) is 1.35. The first-order valence-electron chi connectivity index (χ1n) is 5.07. The summed E-state index contributed by atoms with van der Waals surface area (Å²) in [4.78, 5) is 0. The first-order chi connectivity index (χ1) is 7.44. The lowest BCUT2D eigenvalue weighted by Gasteiger charge is -2.14. The Morgan fingerprint density at radius 1 is 1.31 bits per heavy atom. The summed E-state index contributed by atoms with van der Waals surface area (Å²) in [6.07, 6.45) is 0. The maximum atomic E-state index is 11.5. The monoisotopic (exact) mass is 261 g/mol. The zero-order valence-corrected chi connectivity index (χ0v) is 11.0. The van der Waals surface area contributed by atoms with Gasteiger partial charge in [-0.2, -0.15) is 0 Å². The number of hydrogen-bond acceptors (Lipinski definition) is 2. The summed E-state index contributed by atoms with van der Waals surface area (Å²) in [6.45, 7) is 3.81. The third-order valence-corrected chi connectivity index (χ3v) is 4.15. The van der Waals surface area contributed by atoms with Crippen molar-refractivity contribution in [3.8, 4) is 0 Å². The summed E-state index contributed by atoms with van der Waals surface area (Å²) < 4.78 is 25.6. The van der Waals surface area contributed by atoms with Crippen molar-refractivity contribution in [2.45, 2.75) is 19.9 Å². The van der Waals surface area contributed by atoms with Crippen LogP contribution < -0.4 is 4.72 Å². The molecule has 0 amide bonds. The molecule has 0 heterocycles. The van der Waals surface area contributed by atoms with Crippen molar-refractivity contribution in [2.24, 2.45) is 0 Å². The predicted octanol–water partition coefficient (Wildman–Crippen LogP) is 2.21. The van der Waals surface area contributed by atoms with Crippen LogP contribution in [-0.4, -0.2) is 20.1 Å². The van der Waals surface area contributed by atoms with Crippen molar-refractivity contribution >= 4 is 21.6 Å². The number of sulfonamides is 1. The zero-order chi connectivity index (χ0) is 12.2. The van der Waals surface area contributed by atoms with Gasteiger partial charge in [0.2, 0.25) is 10.0 Å². The van der Waals surface area contributed by atoms with Crippen LogP contribution in [0.25, 0.3) is 0 Å². The number of halogens is 1. The largest absolute Gasteiger partial charge is 0.213 e. The summed E-state index contributed by atoms with van der Waals surface area (Å²) in [7, 11) is -3.27. The Kier molecular flexibility index (Phi) is 4.77. The molecule has 0 saturated heterocycles. The molecule has 0 aliphatic heterocycles. The van der Waals surface area contributed by atoms with Crippen molar-refractivity contribution in [3.63, 3.8) is 0 Å². The SMILES string of the molecule is Cc1ccc([C@H](C)NS(=O)(=O)CCCl)cc1. The zero-order valence-electron chi connectivity index (χ0n) is 9.40. The Hall–Kier alpha value is -0.580. The third-order valence-electron chi connectivity index (χ3n) is 2.28. The highest BCUT2D eigenvalue weighted by molar-refractivity contribution is 7.89. The van der Waals surface area contributed by atoms with Gasteiger partial charge in [0.25, 0.3) is 0 Å². The van der Waals surface area contributed by atoms with E-state index in [1.54, 1.807) is 0 Å². The van der Waals surface area contributed by atoms with E-state index in [1.807, 2.05) is 38.1 Å². The normalized spacial score (nSPS) is 13.7. The van der Waals surface area contributed by atoms with Crippen LogP contribution in [0.15, 0.2) is 24.3 Å². The molecule has 1 rings (SSSR count). The van der Waals surface area contributed by atoms with E-state index in [0.717, 1.165) is 11.1 Å². The van der Waals surface area contributed by atoms with Crippen molar-refractivity contribution in [2.75, 3.05) is 11.6 Å².